The van der Waals surface area contributed by atoms with Gasteiger partial charge in [0.15, 0.2) is 6.29 Å². The molecule has 20 heavy (non-hydrogen) atoms. The van der Waals surface area contributed by atoms with Gasteiger partial charge in [0.2, 0.25) is 0 Å². The first-order chi connectivity index (χ1) is 9.61. The van der Waals surface area contributed by atoms with E-state index in [4.69, 9.17) is 18.3 Å². The minimum atomic E-state index is -2.01. The number of ether oxygens (including phenoxy) is 2. The molecule has 4 nitrogen and oxygen atoms in total. The molecule has 0 bridgehead atoms. The molecular weight excluding hydrogens is 272 g/mol. The maximum Gasteiger partial charge on any atom is 0.335 e. The lowest BCUT2D eigenvalue weighted by molar-refractivity contribution is 0.0489. The minimum Gasteiger partial charge on any atom is -0.394 e. The van der Waals surface area contributed by atoms with Gasteiger partial charge in [0.1, 0.15) is 6.10 Å². The van der Waals surface area contributed by atoms with Crippen molar-refractivity contribution in [2.24, 2.45) is 0 Å². The maximum absolute atomic E-state index is 6.09. The van der Waals surface area contributed by atoms with Crippen LogP contribution in [0, 0.1) is 0 Å². The van der Waals surface area contributed by atoms with Crippen molar-refractivity contribution in [2.45, 2.75) is 77.9 Å². The van der Waals surface area contributed by atoms with Crippen molar-refractivity contribution in [3.05, 3.63) is 0 Å². The van der Waals surface area contributed by atoms with Crippen LogP contribution < -0.4 is 0 Å². The monoisotopic (exact) mass is 304 g/mol. The fourth-order valence-electron chi connectivity index (χ4n) is 1.98. The second-order valence-electron chi connectivity index (χ2n) is 5.72. The lowest BCUT2D eigenvalue weighted by Crippen LogP contribution is -2.39. The molecule has 0 saturated carbocycles. The van der Waals surface area contributed by atoms with Crippen molar-refractivity contribution in [1.82, 2.24) is 0 Å². The van der Waals surface area contributed by atoms with Crippen molar-refractivity contribution < 1.29 is 18.3 Å². The normalized spacial score (nSPS) is 22.2. The molecule has 5 heteroatoms. The Morgan fingerprint density at radius 2 is 1.50 bits per heavy atom. The van der Waals surface area contributed by atoms with Crippen molar-refractivity contribution in [1.29, 1.82) is 0 Å². The van der Waals surface area contributed by atoms with Crippen LogP contribution >= 0.6 is 0 Å². The van der Waals surface area contributed by atoms with Gasteiger partial charge >= 0.3 is 8.56 Å². The molecular formula is C15H32O4Si. The summed E-state index contributed by atoms with van der Waals surface area (Å²) in [6, 6.07) is 1.00. The molecule has 1 aliphatic heterocycles. The summed E-state index contributed by atoms with van der Waals surface area (Å²) in [5, 5.41) is 0. The summed E-state index contributed by atoms with van der Waals surface area (Å²) >= 11 is 0. The first-order valence-electron chi connectivity index (χ1n) is 8.16. The van der Waals surface area contributed by atoms with E-state index in [9.17, 15) is 0 Å². The highest BCUT2D eigenvalue weighted by Crippen LogP contribution is 2.23. The van der Waals surface area contributed by atoms with Crippen LogP contribution in [-0.2, 0) is 18.3 Å². The Hall–Kier alpha value is 0.0569. The van der Waals surface area contributed by atoms with Crippen LogP contribution in [0.25, 0.3) is 0 Å². The van der Waals surface area contributed by atoms with Crippen LogP contribution in [0.1, 0.15) is 52.9 Å². The second kappa shape index (κ2) is 9.90. The van der Waals surface area contributed by atoms with Gasteiger partial charge in [-0.25, -0.2) is 0 Å². The third-order valence-corrected chi connectivity index (χ3v) is 6.41. The molecule has 0 radical (unpaired) electrons. The maximum atomic E-state index is 6.09. The van der Waals surface area contributed by atoms with E-state index in [1.807, 2.05) is 6.92 Å². The average Bonchev–Trinajstić information content (AvgIpc) is 3.12. The van der Waals surface area contributed by atoms with Crippen LogP contribution in [0.4, 0.5) is 0 Å². The number of epoxide rings is 1. The number of hydrogen-bond acceptors (Lipinski definition) is 4. The molecule has 0 aromatic carbocycles. The molecule has 1 saturated heterocycles. The third-order valence-electron chi connectivity index (χ3n) is 3.52. The van der Waals surface area contributed by atoms with Gasteiger partial charge in [-0.2, -0.15) is 0 Å². The summed E-state index contributed by atoms with van der Waals surface area (Å²) in [4.78, 5) is 0. The van der Waals surface area contributed by atoms with Gasteiger partial charge in [-0.15, -0.1) is 0 Å². The summed E-state index contributed by atoms with van der Waals surface area (Å²) in [5.74, 6) is 0. The van der Waals surface area contributed by atoms with E-state index in [1.165, 1.54) is 12.8 Å². The predicted molar refractivity (Wildman–Crippen MR) is 83.0 cm³/mol. The Kier molecular flexibility index (Phi) is 8.96. The Balaban J connectivity index is 2.20. The molecule has 120 valence electrons. The second-order valence-corrected chi connectivity index (χ2v) is 9.07. The lowest BCUT2D eigenvalue weighted by Gasteiger charge is -2.27. The van der Waals surface area contributed by atoms with Gasteiger partial charge in [0.05, 0.1) is 0 Å². The van der Waals surface area contributed by atoms with Gasteiger partial charge in [-0.3, -0.25) is 0 Å². The zero-order chi connectivity index (χ0) is 14.8. The Morgan fingerprint density at radius 1 is 0.950 bits per heavy atom. The fraction of sp³-hybridized carbons (Fsp3) is 1.00. The van der Waals surface area contributed by atoms with Crippen LogP contribution in [0.3, 0.4) is 0 Å². The highest BCUT2D eigenvalue weighted by atomic mass is 28.4. The van der Waals surface area contributed by atoms with Crippen LogP contribution in [0.5, 0.6) is 0 Å². The Morgan fingerprint density at radius 3 is 1.95 bits per heavy atom. The minimum absolute atomic E-state index is 0.0324. The van der Waals surface area contributed by atoms with Gasteiger partial charge in [0.25, 0.3) is 0 Å². The first kappa shape index (κ1) is 18.1. The molecule has 1 rings (SSSR count). The summed E-state index contributed by atoms with van der Waals surface area (Å²) in [6.45, 7) is 11.0. The highest BCUT2D eigenvalue weighted by Gasteiger charge is 2.36. The Bertz CT molecular complexity index is 240. The SMILES string of the molecule is CCCCO[Si](C)(CCCOC1OC1C)OCCCC. The molecule has 1 fully saturated rings. The smallest absolute Gasteiger partial charge is 0.335 e. The molecule has 0 aliphatic carbocycles. The van der Waals surface area contributed by atoms with E-state index >= 15 is 0 Å². The van der Waals surface area contributed by atoms with E-state index < -0.39 is 8.56 Å². The van der Waals surface area contributed by atoms with E-state index in [2.05, 4.69) is 20.4 Å². The summed E-state index contributed by atoms with van der Waals surface area (Å²) in [5.41, 5.74) is 0. The van der Waals surface area contributed by atoms with Crippen molar-refractivity contribution >= 4 is 8.56 Å². The zero-order valence-corrected chi connectivity index (χ0v) is 14.7. The standard InChI is InChI=1S/C15H32O4Si/c1-5-7-11-17-20(4,18-12-8-6-2)13-9-10-16-15-14(3)19-15/h14-15H,5-13H2,1-4H3. The molecule has 1 heterocycles. The molecule has 2 unspecified atom stereocenters. The first-order valence-corrected chi connectivity index (χ1v) is 10.7. The average molecular weight is 305 g/mol. The van der Waals surface area contributed by atoms with Crippen LogP contribution in [0.2, 0.25) is 12.6 Å². The third kappa shape index (κ3) is 7.74. The predicted octanol–water partition coefficient (Wildman–Crippen LogP) is 3.84. The molecule has 0 aromatic heterocycles. The topological polar surface area (TPSA) is 40.2 Å². The van der Waals surface area contributed by atoms with Gasteiger partial charge < -0.3 is 18.3 Å². The molecule has 0 aromatic rings. The largest absolute Gasteiger partial charge is 0.394 e. The Labute approximate surface area is 125 Å². The molecule has 1 aliphatic rings. The van der Waals surface area contributed by atoms with Crippen molar-refractivity contribution in [3.8, 4) is 0 Å². The highest BCUT2D eigenvalue weighted by molar-refractivity contribution is 6.66. The van der Waals surface area contributed by atoms with Gasteiger partial charge in [-0.05, 0) is 38.8 Å². The fourth-order valence-corrected chi connectivity index (χ4v) is 4.30. The summed E-state index contributed by atoms with van der Waals surface area (Å²) < 4.78 is 23.0. The zero-order valence-electron chi connectivity index (χ0n) is 13.7. The quantitative estimate of drug-likeness (QED) is 0.294. The van der Waals surface area contributed by atoms with Crippen molar-refractivity contribution in [2.75, 3.05) is 19.8 Å². The molecule has 0 amide bonds. The summed E-state index contributed by atoms with van der Waals surface area (Å²) in [7, 11) is -2.01. The number of rotatable bonds is 13. The van der Waals surface area contributed by atoms with E-state index in [0.29, 0.717) is 0 Å². The number of unbranched alkanes of at least 4 members (excludes halogenated alkanes) is 2. The number of hydrogen-bond donors (Lipinski definition) is 0. The summed E-state index contributed by atoms with van der Waals surface area (Å²) in [6.07, 6.45) is 5.87. The lowest BCUT2D eigenvalue weighted by atomic mass is 10.4. The van der Waals surface area contributed by atoms with Crippen molar-refractivity contribution in [3.63, 3.8) is 0 Å². The molecule has 0 N–H and O–H groups in total. The van der Waals surface area contributed by atoms with Crippen LogP contribution in [0.15, 0.2) is 0 Å². The van der Waals surface area contributed by atoms with E-state index in [0.717, 1.165) is 45.1 Å². The van der Waals surface area contributed by atoms with E-state index in [-0.39, 0.29) is 12.4 Å². The molecule has 0 spiro atoms. The van der Waals surface area contributed by atoms with Crippen LogP contribution in [-0.4, -0.2) is 40.8 Å². The van der Waals surface area contributed by atoms with Gasteiger partial charge in [-0.1, -0.05) is 26.7 Å². The molecule has 2 atom stereocenters. The van der Waals surface area contributed by atoms with Gasteiger partial charge in [0, 0.05) is 19.8 Å². The van der Waals surface area contributed by atoms with E-state index in [1.54, 1.807) is 0 Å².